The van der Waals surface area contributed by atoms with Gasteiger partial charge in [-0.25, -0.2) is 9.97 Å². The second-order valence-electron chi connectivity index (χ2n) is 3.24. The zero-order valence-corrected chi connectivity index (χ0v) is 8.44. The smallest absolute Gasteiger partial charge is 0.225 e. The number of rotatable bonds is 4. The summed E-state index contributed by atoms with van der Waals surface area (Å²) in [4.78, 5) is 10.1. The van der Waals surface area contributed by atoms with E-state index < -0.39 is 0 Å². The lowest BCUT2D eigenvalue weighted by molar-refractivity contribution is 0.689. The highest BCUT2D eigenvalue weighted by atomic mass is 15.2. The van der Waals surface area contributed by atoms with Gasteiger partial charge in [0, 0.05) is 31.9 Å². The van der Waals surface area contributed by atoms with Crippen molar-refractivity contribution in [1.82, 2.24) is 9.97 Å². The number of nitrogens with zero attached hydrogens (tertiary/aromatic N) is 3. The molecule has 5 heteroatoms. The van der Waals surface area contributed by atoms with Gasteiger partial charge in [0.15, 0.2) is 0 Å². The van der Waals surface area contributed by atoms with E-state index in [0.717, 1.165) is 0 Å². The van der Waals surface area contributed by atoms with Crippen LogP contribution in [-0.2, 0) is 0 Å². The topological polar surface area (TPSA) is 78.9 Å². The molecule has 0 spiro atoms. The van der Waals surface area contributed by atoms with Crippen molar-refractivity contribution in [1.29, 1.82) is 5.41 Å². The molecule has 14 heavy (non-hydrogen) atoms. The summed E-state index contributed by atoms with van der Waals surface area (Å²) in [5.41, 5.74) is 5.33. The lowest BCUT2D eigenvalue weighted by atomic mass is 10.2. The van der Waals surface area contributed by atoms with Gasteiger partial charge in [0.2, 0.25) is 5.95 Å². The summed E-state index contributed by atoms with van der Waals surface area (Å²) in [7, 11) is 1.89. The molecule has 0 aliphatic rings. The fraction of sp³-hybridized carbons (Fsp3) is 0.444. The second-order valence-corrected chi connectivity index (χ2v) is 3.24. The van der Waals surface area contributed by atoms with Crippen molar-refractivity contribution < 1.29 is 0 Å². The van der Waals surface area contributed by atoms with Crippen LogP contribution in [0.5, 0.6) is 0 Å². The van der Waals surface area contributed by atoms with Gasteiger partial charge in [-0.3, -0.25) is 5.41 Å². The molecule has 5 nitrogen and oxygen atoms in total. The van der Waals surface area contributed by atoms with Crippen LogP contribution < -0.4 is 10.6 Å². The lowest BCUT2D eigenvalue weighted by Gasteiger charge is -2.23. The quantitative estimate of drug-likeness (QED) is 0.543. The SMILES string of the molecule is CC(CC(=N)N)N(C)c1ncccn1. The molecule has 0 aliphatic heterocycles. The van der Waals surface area contributed by atoms with Crippen molar-refractivity contribution in [2.45, 2.75) is 19.4 Å². The van der Waals surface area contributed by atoms with Crippen molar-refractivity contribution in [3.05, 3.63) is 18.5 Å². The number of amidine groups is 1. The normalized spacial score (nSPS) is 12.1. The van der Waals surface area contributed by atoms with Crippen LogP contribution in [0.2, 0.25) is 0 Å². The summed E-state index contributed by atoms with van der Waals surface area (Å²) in [6, 6.07) is 1.90. The Balaban J connectivity index is 2.65. The molecule has 1 heterocycles. The molecule has 0 radical (unpaired) electrons. The Morgan fingerprint density at radius 2 is 2.14 bits per heavy atom. The minimum absolute atomic E-state index is 0.134. The fourth-order valence-corrected chi connectivity index (χ4v) is 1.13. The molecule has 0 saturated carbocycles. The standard InChI is InChI=1S/C9H15N5/c1-7(6-8(10)11)14(2)9-12-4-3-5-13-9/h3-5,7H,6H2,1-2H3,(H3,10,11). The lowest BCUT2D eigenvalue weighted by Crippen LogP contribution is -2.33. The number of hydrogen-bond acceptors (Lipinski definition) is 4. The molecule has 76 valence electrons. The molecule has 0 bridgehead atoms. The van der Waals surface area contributed by atoms with Crippen molar-refractivity contribution >= 4 is 11.8 Å². The number of anilines is 1. The van der Waals surface area contributed by atoms with Gasteiger partial charge in [-0.1, -0.05) is 0 Å². The first-order valence-electron chi connectivity index (χ1n) is 4.44. The minimum atomic E-state index is 0.134. The van der Waals surface area contributed by atoms with Crippen LogP contribution in [-0.4, -0.2) is 28.9 Å². The van der Waals surface area contributed by atoms with Gasteiger partial charge < -0.3 is 10.6 Å². The Labute approximate surface area is 83.5 Å². The third-order valence-corrected chi connectivity index (χ3v) is 2.04. The Morgan fingerprint density at radius 3 is 2.64 bits per heavy atom. The van der Waals surface area contributed by atoms with E-state index >= 15 is 0 Å². The Hall–Kier alpha value is -1.65. The monoisotopic (exact) mass is 193 g/mol. The summed E-state index contributed by atoms with van der Waals surface area (Å²) in [6.07, 6.45) is 3.91. The first-order chi connectivity index (χ1) is 6.61. The van der Waals surface area contributed by atoms with Gasteiger partial charge >= 0.3 is 0 Å². The van der Waals surface area contributed by atoms with Crippen molar-refractivity contribution in [3.63, 3.8) is 0 Å². The molecule has 1 aromatic heterocycles. The van der Waals surface area contributed by atoms with E-state index in [1.165, 1.54) is 0 Å². The Morgan fingerprint density at radius 1 is 1.57 bits per heavy atom. The molecule has 0 aromatic carbocycles. The van der Waals surface area contributed by atoms with Crippen LogP contribution >= 0.6 is 0 Å². The molecule has 0 saturated heterocycles. The maximum absolute atomic E-state index is 7.19. The number of nitrogens with one attached hydrogen (secondary N) is 1. The maximum Gasteiger partial charge on any atom is 0.225 e. The van der Waals surface area contributed by atoms with Crippen molar-refractivity contribution in [2.75, 3.05) is 11.9 Å². The average molecular weight is 193 g/mol. The largest absolute Gasteiger partial charge is 0.388 e. The van der Waals surface area contributed by atoms with Crippen molar-refractivity contribution in [3.8, 4) is 0 Å². The third-order valence-electron chi connectivity index (χ3n) is 2.04. The summed E-state index contributed by atoms with van der Waals surface area (Å²) >= 11 is 0. The summed E-state index contributed by atoms with van der Waals surface area (Å²) in [5, 5.41) is 7.19. The van der Waals surface area contributed by atoms with E-state index in [4.69, 9.17) is 11.1 Å². The maximum atomic E-state index is 7.19. The highest BCUT2D eigenvalue weighted by Crippen LogP contribution is 2.08. The van der Waals surface area contributed by atoms with Gasteiger partial charge in [0.1, 0.15) is 0 Å². The zero-order chi connectivity index (χ0) is 10.6. The number of aromatic nitrogens is 2. The summed E-state index contributed by atoms with van der Waals surface area (Å²) < 4.78 is 0. The third kappa shape index (κ3) is 2.69. The van der Waals surface area contributed by atoms with Crippen LogP contribution in [0, 0.1) is 5.41 Å². The van der Waals surface area contributed by atoms with Crippen LogP contribution in [0.1, 0.15) is 13.3 Å². The number of hydrogen-bond donors (Lipinski definition) is 2. The van der Waals surface area contributed by atoms with Crippen LogP contribution in [0.3, 0.4) is 0 Å². The zero-order valence-electron chi connectivity index (χ0n) is 8.44. The minimum Gasteiger partial charge on any atom is -0.388 e. The van der Waals surface area contributed by atoms with Gasteiger partial charge in [-0.2, -0.15) is 0 Å². The van der Waals surface area contributed by atoms with Crippen LogP contribution in [0.15, 0.2) is 18.5 Å². The molecule has 0 amide bonds. The molecule has 1 unspecified atom stereocenters. The molecule has 3 N–H and O–H groups in total. The summed E-state index contributed by atoms with van der Waals surface area (Å²) in [5.74, 6) is 0.835. The van der Waals surface area contributed by atoms with Crippen LogP contribution in [0.4, 0.5) is 5.95 Å². The molecule has 0 aliphatic carbocycles. The van der Waals surface area contributed by atoms with E-state index in [0.29, 0.717) is 12.4 Å². The van der Waals surface area contributed by atoms with E-state index in [9.17, 15) is 0 Å². The fourth-order valence-electron chi connectivity index (χ4n) is 1.13. The average Bonchev–Trinajstić information content (AvgIpc) is 2.17. The second kappa shape index (κ2) is 4.55. The van der Waals surface area contributed by atoms with Crippen LogP contribution in [0.25, 0.3) is 0 Å². The molecular weight excluding hydrogens is 178 g/mol. The Bertz CT molecular complexity index is 297. The molecular formula is C9H15N5. The predicted octanol–water partition coefficient (Wildman–Crippen LogP) is 0.627. The highest BCUT2D eigenvalue weighted by Gasteiger charge is 2.12. The summed E-state index contributed by atoms with van der Waals surface area (Å²) in [6.45, 7) is 1.98. The highest BCUT2D eigenvalue weighted by molar-refractivity contribution is 5.77. The molecule has 1 atom stereocenters. The van der Waals surface area contributed by atoms with Gasteiger partial charge in [0.25, 0.3) is 0 Å². The first kappa shape index (κ1) is 10.4. The van der Waals surface area contributed by atoms with E-state index in [-0.39, 0.29) is 11.9 Å². The predicted molar refractivity (Wildman–Crippen MR) is 56.4 cm³/mol. The van der Waals surface area contributed by atoms with E-state index in [1.807, 2.05) is 18.9 Å². The van der Waals surface area contributed by atoms with Gasteiger partial charge in [-0.15, -0.1) is 0 Å². The Kier molecular flexibility index (Phi) is 3.39. The van der Waals surface area contributed by atoms with E-state index in [1.54, 1.807) is 18.5 Å². The molecule has 0 fully saturated rings. The number of nitrogens with two attached hydrogens (primary N) is 1. The van der Waals surface area contributed by atoms with Gasteiger partial charge in [-0.05, 0) is 13.0 Å². The van der Waals surface area contributed by atoms with E-state index in [2.05, 4.69) is 9.97 Å². The first-order valence-corrected chi connectivity index (χ1v) is 4.44. The van der Waals surface area contributed by atoms with Gasteiger partial charge in [0.05, 0.1) is 5.84 Å². The molecule has 1 aromatic rings. The molecule has 1 rings (SSSR count). The van der Waals surface area contributed by atoms with Crippen molar-refractivity contribution in [2.24, 2.45) is 5.73 Å².